The number of carbonyl (C=O) groups is 2. The molecule has 1 N–H and O–H groups in total. The van der Waals surface area contributed by atoms with Crippen LogP contribution in [0.4, 0.5) is 4.79 Å². The molecule has 3 fully saturated rings. The predicted molar refractivity (Wildman–Crippen MR) is 135 cm³/mol. The summed E-state index contributed by atoms with van der Waals surface area (Å²) in [6, 6.07) is 13.3. The molecule has 8 heteroatoms. The zero-order valence-corrected chi connectivity index (χ0v) is 20.6. The van der Waals surface area contributed by atoms with Crippen molar-refractivity contribution in [1.82, 2.24) is 20.1 Å². The molecule has 0 aliphatic carbocycles. The fourth-order valence-electron chi connectivity index (χ4n) is 5.70. The highest BCUT2D eigenvalue weighted by Crippen LogP contribution is 2.41. The van der Waals surface area contributed by atoms with Crippen molar-refractivity contribution < 1.29 is 19.1 Å². The Labute approximate surface area is 212 Å². The first kappa shape index (κ1) is 24.5. The second-order valence-corrected chi connectivity index (χ2v) is 9.76. The zero-order chi connectivity index (χ0) is 25.0. The van der Waals surface area contributed by atoms with E-state index < -0.39 is 5.54 Å². The van der Waals surface area contributed by atoms with E-state index in [2.05, 4.69) is 27.8 Å². The molecule has 3 aliphatic heterocycles. The summed E-state index contributed by atoms with van der Waals surface area (Å²) in [7, 11) is 0. The molecule has 3 amide bonds. The van der Waals surface area contributed by atoms with Gasteiger partial charge in [0.1, 0.15) is 12.4 Å². The topological polar surface area (TPSA) is 84.0 Å². The molecular weight excluding hydrogens is 456 g/mol. The van der Waals surface area contributed by atoms with Gasteiger partial charge in [-0.15, -0.1) is 0 Å². The lowest BCUT2D eigenvalue weighted by Crippen LogP contribution is -2.54. The number of pyridine rings is 1. The number of hydrogen-bond acceptors (Lipinski definition) is 6. The number of likely N-dealkylation sites (tertiary alicyclic amines) is 1. The minimum absolute atomic E-state index is 0.0538. The van der Waals surface area contributed by atoms with E-state index >= 15 is 0 Å². The van der Waals surface area contributed by atoms with Gasteiger partial charge in [0.2, 0.25) is 0 Å². The summed E-state index contributed by atoms with van der Waals surface area (Å²) in [5.74, 6) is 0.609. The van der Waals surface area contributed by atoms with Crippen LogP contribution in [0.2, 0.25) is 0 Å². The number of amides is 3. The lowest BCUT2D eigenvalue weighted by Gasteiger charge is -2.40. The van der Waals surface area contributed by atoms with Crippen LogP contribution in [0.5, 0.6) is 5.75 Å². The zero-order valence-electron chi connectivity index (χ0n) is 20.6. The number of nitrogens with one attached hydrogen (secondary N) is 1. The quantitative estimate of drug-likeness (QED) is 0.428. The summed E-state index contributed by atoms with van der Waals surface area (Å²) in [6.07, 6.45) is 6.70. The van der Waals surface area contributed by atoms with Crippen molar-refractivity contribution in [2.24, 2.45) is 5.92 Å². The van der Waals surface area contributed by atoms with Gasteiger partial charge in [0.15, 0.2) is 5.54 Å². The van der Waals surface area contributed by atoms with Gasteiger partial charge in [0.25, 0.3) is 5.91 Å². The first-order chi connectivity index (χ1) is 17.6. The normalized spacial score (nSPS) is 25.2. The maximum Gasteiger partial charge on any atom is 0.325 e. The van der Waals surface area contributed by atoms with Crippen molar-refractivity contribution in [2.45, 2.75) is 43.9 Å². The Kier molecular flexibility index (Phi) is 7.34. The number of imide groups is 1. The maximum absolute atomic E-state index is 14.0. The highest BCUT2D eigenvalue weighted by atomic mass is 16.5. The average molecular weight is 491 g/mol. The van der Waals surface area contributed by atoms with Gasteiger partial charge in [-0.3, -0.25) is 19.6 Å². The molecule has 36 heavy (non-hydrogen) atoms. The van der Waals surface area contributed by atoms with Crippen LogP contribution in [0.3, 0.4) is 0 Å². The van der Waals surface area contributed by atoms with Crippen molar-refractivity contribution in [2.75, 3.05) is 32.8 Å². The number of benzene rings is 1. The molecule has 8 nitrogen and oxygen atoms in total. The summed E-state index contributed by atoms with van der Waals surface area (Å²) >= 11 is 0. The highest BCUT2D eigenvalue weighted by molar-refractivity contribution is 6.07. The monoisotopic (exact) mass is 490 g/mol. The van der Waals surface area contributed by atoms with E-state index in [4.69, 9.17) is 9.47 Å². The molecule has 0 spiro atoms. The van der Waals surface area contributed by atoms with E-state index in [0.717, 1.165) is 56.6 Å². The molecule has 4 heterocycles. The van der Waals surface area contributed by atoms with Gasteiger partial charge in [-0.2, -0.15) is 0 Å². The smallest absolute Gasteiger partial charge is 0.325 e. The van der Waals surface area contributed by atoms with Crippen molar-refractivity contribution in [3.8, 4) is 5.75 Å². The number of ether oxygens (including phenoxy) is 2. The average Bonchev–Trinajstić information content (AvgIpc) is 3.52. The van der Waals surface area contributed by atoms with Crippen LogP contribution in [0, 0.1) is 5.92 Å². The van der Waals surface area contributed by atoms with Crippen molar-refractivity contribution >= 4 is 11.9 Å². The van der Waals surface area contributed by atoms with E-state index in [-0.39, 0.29) is 24.0 Å². The van der Waals surface area contributed by atoms with Crippen LogP contribution in [0.25, 0.3) is 0 Å². The standard InChI is InChI=1S/C28H34N4O4/c1-2-17-36-24-10-4-3-8-21(24)19-31-15-12-22(13-16-31)28(25-11-5-6-14-29-25)26(33)32(27(34)30-28)20-23-9-7-18-35-23/h2-6,8,10-11,14,22-23H,1,7,9,12-13,15-20H2,(H,30,34)/t23-,28+/m1/s1. The van der Waals surface area contributed by atoms with Crippen LogP contribution in [-0.2, 0) is 21.6 Å². The van der Waals surface area contributed by atoms with Crippen molar-refractivity contribution in [3.05, 3.63) is 72.6 Å². The number of piperidine rings is 1. The van der Waals surface area contributed by atoms with Crippen molar-refractivity contribution in [1.29, 1.82) is 0 Å². The molecule has 2 atom stereocenters. The molecule has 3 aliphatic rings. The Bertz CT molecular complexity index is 1080. The fourth-order valence-corrected chi connectivity index (χ4v) is 5.70. The van der Waals surface area contributed by atoms with Gasteiger partial charge in [0, 0.05) is 24.9 Å². The third kappa shape index (κ3) is 4.75. The number of nitrogens with zero attached hydrogens (tertiary/aromatic N) is 3. The number of carbonyl (C=O) groups excluding carboxylic acids is 2. The van der Waals surface area contributed by atoms with Crippen LogP contribution in [0.15, 0.2) is 61.3 Å². The predicted octanol–water partition coefficient (Wildman–Crippen LogP) is 3.48. The van der Waals surface area contributed by atoms with Gasteiger partial charge < -0.3 is 14.8 Å². The van der Waals surface area contributed by atoms with E-state index in [1.54, 1.807) is 12.3 Å². The Morgan fingerprint density at radius 2 is 1.94 bits per heavy atom. The van der Waals surface area contributed by atoms with Crippen LogP contribution in [-0.4, -0.2) is 65.7 Å². The summed E-state index contributed by atoms with van der Waals surface area (Å²) in [5, 5.41) is 3.10. The fraction of sp³-hybridized carbons (Fsp3) is 0.464. The lowest BCUT2D eigenvalue weighted by atomic mass is 9.75. The second kappa shape index (κ2) is 10.8. The van der Waals surface area contributed by atoms with Crippen LogP contribution < -0.4 is 10.1 Å². The third-order valence-electron chi connectivity index (χ3n) is 7.53. The number of hydrogen-bond donors (Lipinski definition) is 1. The number of para-hydroxylation sites is 1. The molecule has 1 aromatic heterocycles. The van der Waals surface area contributed by atoms with E-state index in [1.807, 2.05) is 36.4 Å². The molecule has 0 radical (unpaired) electrons. The highest BCUT2D eigenvalue weighted by Gasteiger charge is 2.58. The second-order valence-electron chi connectivity index (χ2n) is 9.76. The maximum atomic E-state index is 14.0. The summed E-state index contributed by atoms with van der Waals surface area (Å²) in [6.45, 7) is 7.56. The number of rotatable bonds is 9. The van der Waals surface area contributed by atoms with Crippen LogP contribution >= 0.6 is 0 Å². The summed E-state index contributed by atoms with van der Waals surface area (Å²) in [5.41, 5.74) is 0.596. The summed E-state index contributed by atoms with van der Waals surface area (Å²) in [4.78, 5) is 35.3. The SMILES string of the molecule is C=CCOc1ccccc1CN1CCC([C@@]2(c3ccccn3)NC(=O)N(C[C@H]3CCCO3)C2=O)CC1. The molecule has 0 unspecified atom stereocenters. The molecule has 3 saturated heterocycles. The van der Waals surface area contributed by atoms with Gasteiger partial charge >= 0.3 is 6.03 Å². The van der Waals surface area contributed by atoms with Gasteiger partial charge in [-0.1, -0.05) is 36.9 Å². The first-order valence-corrected chi connectivity index (χ1v) is 12.8. The van der Waals surface area contributed by atoms with Gasteiger partial charge in [0.05, 0.1) is 18.3 Å². The van der Waals surface area contributed by atoms with Crippen LogP contribution in [0.1, 0.15) is 36.9 Å². The lowest BCUT2D eigenvalue weighted by molar-refractivity contribution is -0.135. The van der Waals surface area contributed by atoms with Gasteiger partial charge in [-0.25, -0.2) is 4.79 Å². The molecule has 190 valence electrons. The Morgan fingerprint density at radius 3 is 2.67 bits per heavy atom. The number of aromatic nitrogens is 1. The Morgan fingerprint density at radius 1 is 1.14 bits per heavy atom. The number of urea groups is 1. The molecule has 0 bridgehead atoms. The van der Waals surface area contributed by atoms with E-state index in [1.165, 1.54) is 4.90 Å². The van der Waals surface area contributed by atoms with Gasteiger partial charge in [-0.05, 0) is 62.9 Å². The van der Waals surface area contributed by atoms with E-state index in [9.17, 15) is 9.59 Å². The van der Waals surface area contributed by atoms with Crippen molar-refractivity contribution in [3.63, 3.8) is 0 Å². The first-order valence-electron chi connectivity index (χ1n) is 12.8. The minimum atomic E-state index is -1.14. The largest absolute Gasteiger partial charge is 0.489 e. The molecule has 0 saturated carbocycles. The molecule has 1 aromatic carbocycles. The third-order valence-corrected chi connectivity index (χ3v) is 7.53. The Hall–Kier alpha value is -3.23. The summed E-state index contributed by atoms with van der Waals surface area (Å²) < 4.78 is 11.6. The minimum Gasteiger partial charge on any atom is -0.489 e. The molecule has 5 rings (SSSR count). The molecule has 2 aromatic rings. The van der Waals surface area contributed by atoms with E-state index in [0.29, 0.717) is 25.5 Å². The molecular formula is C28H34N4O4. The Balaban J connectivity index is 1.33.